The second kappa shape index (κ2) is 4.81. The average Bonchev–Trinajstić information content (AvgIpc) is 2.31. The maximum Gasteiger partial charge on any atom is 0.121 e. The van der Waals surface area contributed by atoms with Crippen molar-refractivity contribution in [2.45, 2.75) is 12.5 Å². The zero-order chi connectivity index (χ0) is 11.4. The first-order chi connectivity index (χ1) is 7.77. The van der Waals surface area contributed by atoms with Crippen LogP contribution in [0.25, 0.3) is 0 Å². The van der Waals surface area contributed by atoms with E-state index in [1.54, 1.807) is 18.2 Å². The van der Waals surface area contributed by atoms with Gasteiger partial charge in [0.05, 0.1) is 6.10 Å². The fourth-order valence-electron chi connectivity index (χ4n) is 1.72. The summed E-state index contributed by atoms with van der Waals surface area (Å²) in [6.07, 6.45) is -0.151. The van der Waals surface area contributed by atoms with E-state index in [-0.39, 0.29) is 5.75 Å². The van der Waals surface area contributed by atoms with Crippen molar-refractivity contribution in [2.24, 2.45) is 0 Å². The molecule has 0 radical (unpaired) electrons. The molecule has 0 fully saturated rings. The van der Waals surface area contributed by atoms with Crippen molar-refractivity contribution >= 4 is 0 Å². The number of para-hydroxylation sites is 1. The molecule has 0 aliphatic heterocycles. The van der Waals surface area contributed by atoms with Crippen LogP contribution in [0.3, 0.4) is 0 Å². The molecule has 0 saturated carbocycles. The highest BCUT2D eigenvalue weighted by Crippen LogP contribution is 2.25. The Balaban J connectivity index is 2.15. The van der Waals surface area contributed by atoms with Crippen molar-refractivity contribution < 1.29 is 10.2 Å². The molecule has 16 heavy (non-hydrogen) atoms. The molecule has 0 heterocycles. The van der Waals surface area contributed by atoms with E-state index in [9.17, 15) is 10.2 Å². The number of phenolic OH excluding ortho intramolecular Hbond substituents is 1. The lowest BCUT2D eigenvalue weighted by molar-refractivity contribution is 0.174. The number of hydrogen-bond donors (Lipinski definition) is 2. The SMILES string of the molecule is Oc1ccccc1[C@@H](O)Cc1ccccc1. The maximum atomic E-state index is 9.99. The third kappa shape index (κ3) is 2.41. The Morgan fingerprint density at radius 2 is 1.50 bits per heavy atom. The molecule has 2 rings (SSSR count). The molecule has 0 spiro atoms. The highest BCUT2D eigenvalue weighted by molar-refractivity contribution is 5.34. The highest BCUT2D eigenvalue weighted by atomic mass is 16.3. The van der Waals surface area contributed by atoms with Crippen LogP contribution in [0.1, 0.15) is 17.2 Å². The fourth-order valence-corrected chi connectivity index (χ4v) is 1.72. The van der Waals surface area contributed by atoms with Gasteiger partial charge in [0.2, 0.25) is 0 Å². The molecule has 1 atom stereocenters. The number of aliphatic hydroxyl groups is 1. The van der Waals surface area contributed by atoms with Gasteiger partial charge in [-0.2, -0.15) is 0 Å². The van der Waals surface area contributed by atoms with Crippen molar-refractivity contribution in [1.29, 1.82) is 0 Å². The lowest BCUT2D eigenvalue weighted by atomic mass is 10.0. The Morgan fingerprint density at radius 1 is 0.875 bits per heavy atom. The Morgan fingerprint density at radius 3 is 2.19 bits per heavy atom. The predicted octanol–water partition coefficient (Wildman–Crippen LogP) is 2.67. The molecular formula is C14H14O2. The van der Waals surface area contributed by atoms with Crippen LogP contribution in [0.5, 0.6) is 5.75 Å². The smallest absolute Gasteiger partial charge is 0.121 e. The first-order valence-electron chi connectivity index (χ1n) is 5.27. The molecule has 0 unspecified atom stereocenters. The van der Waals surface area contributed by atoms with Gasteiger partial charge in [0.15, 0.2) is 0 Å². The third-order valence-corrected chi connectivity index (χ3v) is 2.57. The van der Waals surface area contributed by atoms with Crippen molar-refractivity contribution in [1.82, 2.24) is 0 Å². The second-order valence-electron chi connectivity index (χ2n) is 3.76. The van der Waals surface area contributed by atoms with E-state index in [1.165, 1.54) is 0 Å². The standard InChI is InChI=1S/C14H14O2/c15-13-9-5-4-8-12(13)14(16)10-11-6-2-1-3-7-11/h1-9,14-16H,10H2/t14-/m0/s1. The van der Waals surface area contributed by atoms with Crippen molar-refractivity contribution in [3.05, 3.63) is 65.7 Å². The maximum absolute atomic E-state index is 9.99. The highest BCUT2D eigenvalue weighted by Gasteiger charge is 2.11. The number of hydrogen-bond acceptors (Lipinski definition) is 2. The van der Waals surface area contributed by atoms with Crippen LogP contribution in [0.15, 0.2) is 54.6 Å². The minimum atomic E-state index is -0.663. The van der Waals surface area contributed by atoms with E-state index in [0.717, 1.165) is 5.56 Å². The first kappa shape index (κ1) is 10.7. The van der Waals surface area contributed by atoms with E-state index >= 15 is 0 Å². The summed E-state index contributed by atoms with van der Waals surface area (Å²) >= 11 is 0. The van der Waals surface area contributed by atoms with Gasteiger partial charge in [-0.3, -0.25) is 0 Å². The summed E-state index contributed by atoms with van der Waals surface area (Å²) in [6.45, 7) is 0. The monoisotopic (exact) mass is 214 g/mol. The van der Waals surface area contributed by atoms with E-state index in [0.29, 0.717) is 12.0 Å². The summed E-state index contributed by atoms with van der Waals surface area (Å²) in [5.41, 5.74) is 1.63. The van der Waals surface area contributed by atoms with E-state index in [1.807, 2.05) is 36.4 Å². The number of rotatable bonds is 3. The molecule has 0 bridgehead atoms. The third-order valence-electron chi connectivity index (χ3n) is 2.57. The van der Waals surface area contributed by atoms with Crippen LogP contribution >= 0.6 is 0 Å². The summed E-state index contributed by atoms with van der Waals surface area (Å²) in [5.74, 6) is 0.144. The number of benzene rings is 2. The van der Waals surface area contributed by atoms with Crippen molar-refractivity contribution in [3.8, 4) is 5.75 Å². The average molecular weight is 214 g/mol. The van der Waals surface area contributed by atoms with Crippen molar-refractivity contribution in [2.75, 3.05) is 0 Å². The molecule has 0 aliphatic carbocycles. The van der Waals surface area contributed by atoms with Crippen LogP contribution < -0.4 is 0 Å². The Hall–Kier alpha value is -1.80. The Labute approximate surface area is 94.8 Å². The van der Waals surface area contributed by atoms with Crippen LogP contribution in [-0.2, 0) is 6.42 Å². The van der Waals surface area contributed by atoms with Gasteiger partial charge in [-0.1, -0.05) is 48.5 Å². The lowest BCUT2D eigenvalue weighted by Crippen LogP contribution is -2.01. The number of aliphatic hydroxyl groups excluding tert-OH is 1. The molecule has 0 aromatic heterocycles. The van der Waals surface area contributed by atoms with Gasteiger partial charge in [-0.05, 0) is 11.6 Å². The minimum Gasteiger partial charge on any atom is -0.508 e. The van der Waals surface area contributed by atoms with Gasteiger partial charge in [0.25, 0.3) is 0 Å². The van der Waals surface area contributed by atoms with Gasteiger partial charge in [-0.15, -0.1) is 0 Å². The van der Waals surface area contributed by atoms with Gasteiger partial charge < -0.3 is 10.2 Å². The fraction of sp³-hybridized carbons (Fsp3) is 0.143. The zero-order valence-corrected chi connectivity index (χ0v) is 8.88. The molecule has 0 amide bonds. The summed E-state index contributed by atoms with van der Waals surface area (Å²) < 4.78 is 0. The van der Waals surface area contributed by atoms with Gasteiger partial charge in [0.1, 0.15) is 5.75 Å². The van der Waals surface area contributed by atoms with Gasteiger partial charge >= 0.3 is 0 Å². The summed E-state index contributed by atoms with van der Waals surface area (Å²) in [5, 5.41) is 19.6. The molecule has 82 valence electrons. The van der Waals surface area contributed by atoms with E-state index < -0.39 is 6.10 Å². The van der Waals surface area contributed by atoms with E-state index in [2.05, 4.69) is 0 Å². The van der Waals surface area contributed by atoms with Crippen LogP contribution in [0.4, 0.5) is 0 Å². The number of aromatic hydroxyl groups is 1. The Kier molecular flexibility index (Phi) is 3.22. The van der Waals surface area contributed by atoms with Crippen LogP contribution in [0.2, 0.25) is 0 Å². The minimum absolute atomic E-state index is 0.144. The molecule has 2 aromatic carbocycles. The van der Waals surface area contributed by atoms with Gasteiger partial charge in [0, 0.05) is 12.0 Å². The quantitative estimate of drug-likeness (QED) is 0.824. The number of phenols is 1. The first-order valence-corrected chi connectivity index (χ1v) is 5.27. The van der Waals surface area contributed by atoms with E-state index in [4.69, 9.17) is 0 Å². The predicted molar refractivity (Wildman–Crippen MR) is 63.2 cm³/mol. The molecule has 0 aliphatic rings. The normalized spacial score (nSPS) is 12.3. The largest absolute Gasteiger partial charge is 0.508 e. The molecular weight excluding hydrogens is 200 g/mol. The summed E-state index contributed by atoms with van der Waals surface area (Å²) in [6, 6.07) is 16.6. The molecule has 0 saturated heterocycles. The summed E-state index contributed by atoms with van der Waals surface area (Å²) in [4.78, 5) is 0. The second-order valence-corrected chi connectivity index (χ2v) is 3.76. The Bertz CT molecular complexity index is 451. The van der Waals surface area contributed by atoms with Crippen LogP contribution in [0, 0.1) is 0 Å². The molecule has 2 aromatic rings. The molecule has 2 N–H and O–H groups in total. The van der Waals surface area contributed by atoms with Crippen LogP contribution in [-0.4, -0.2) is 10.2 Å². The van der Waals surface area contributed by atoms with Crippen molar-refractivity contribution in [3.63, 3.8) is 0 Å². The molecule has 2 nitrogen and oxygen atoms in total. The topological polar surface area (TPSA) is 40.5 Å². The van der Waals surface area contributed by atoms with Gasteiger partial charge in [-0.25, -0.2) is 0 Å². The summed E-state index contributed by atoms with van der Waals surface area (Å²) in [7, 11) is 0. The zero-order valence-electron chi connectivity index (χ0n) is 8.88. The lowest BCUT2D eigenvalue weighted by Gasteiger charge is -2.12. The molecule has 2 heteroatoms.